The highest BCUT2D eigenvalue weighted by Crippen LogP contribution is 2.37. The van der Waals surface area contributed by atoms with E-state index < -0.39 is 0 Å². The normalized spacial score (nSPS) is 18.3. The first-order chi connectivity index (χ1) is 16.8. The van der Waals surface area contributed by atoms with E-state index in [1.165, 1.54) is 5.56 Å². The van der Waals surface area contributed by atoms with Crippen molar-refractivity contribution in [3.05, 3.63) is 65.7 Å². The van der Waals surface area contributed by atoms with Crippen LogP contribution in [0.2, 0.25) is 0 Å². The zero-order valence-corrected chi connectivity index (χ0v) is 21.3. The minimum absolute atomic E-state index is 0.0536. The smallest absolute Gasteiger partial charge is 0.253 e. The van der Waals surface area contributed by atoms with Gasteiger partial charge >= 0.3 is 0 Å². The van der Waals surface area contributed by atoms with Gasteiger partial charge < -0.3 is 19.3 Å². The molecule has 6 nitrogen and oxygen atoms in total. The molecule has 0 aliphatic carbocycles. The third-order valence-corrected chi connectivity index (χ3v) is 7.29. The van der Waals surface area contributed by atoms with Crippen molar-refractivity contribution < 1.29 is 19.1 Å². The van der Waals surface area contributed by atoms with Crippen molar-refractivity contribution in [3.8, 4) is 5.75 Å². The van der Waals surface area contributed by atoms with Gasteiger partial charge in [-0.15, -0.1) is 0 Å². The Morgan fingerprint density at radius 3 is 2.11 bits per heavy atom. The molecular formula is C29H38N2O4. The lowest BCUT2D eigenvalue weighted by Crippen LogP contribution is -2.49. The molecule has 2 amide bonds. The molecule has 4 rings (SSSR count). The van der Waals surface area contributed by atoms with E-state index in [4.69, 9.17) is 9.47 Å². The van der Waals surface area contributed by atoms with Crippen molar-refractivity contribution in [2.75, 3.05) is 46.0 Å². The minimum atomic E-state index is -0.294. The molecule has 2 aliphatic rings. The van der Waals surface area contributed by atoms with E-state index in [0.717, 1.165) is 24.2 Å². The van der Waals surface area contributed by atoms with E-state index in [1.807, 2.05) is 52.3 Å². The van der Waals surface area contributed by atoms with Gasteiger partial charge in [0.05, 0.1) is 19.8 Å². The summed E-state index contributed by atoms with van der Waals surface area (Å²) in [5.41, 5.74) is 1.69. The first-order valence-corrected chi connectivity index (χ1v) is 12.7. The first kappa shape index (κ1) is 25.2. The number of likely N-dealkylation sites (tertiary alicyclic amines) is 1. The van der Waals surface area contributed by atoms with Gasteiger partial charge in [0.25, 0.3) is 5.91 Å². The third kappa shape index (κ3) is 6.43. The van der Waals surface area contributed by atoms with Crippen LogP contribution >= 0.6 is 0 Å². The monoisotopic (exact) mass is 478 g/mol. The molecule has 0 unspecified atom stereocenters. The molecule has 0 bridgehead atoms. The summed E-state index contributed by atoms with van der Waals surface area (Å²) in [6.07, 6.45) is 1.91. The number of para-hydroxylation sites is 1. The van der Waals surface area contributed by atoms with E-state index in [-0.39, 0.29) is 22.6 Å². The van der Waals surface area contributed by atoms with Gasteiger partial charge in [-0.2, -0.15) is 0 Å². The average molecular weight is 479 g/mol. The molecule has 2 aromatic carbocycles. The second-order valence-electron chi connectivity index (χ2n) is 10.9. The summed E-state index contributed by atoms with van der Waals surface area (Å²) in [6, 6.07) is 17.7. The highest BCUT2D eigenvalue weighted by molar-refractivity contribution is 5.94. The summed E-state index contributed by atoms with van der Waals surface area (Å²) in [6.45, 7) is 10.7. The molecule has 2 fully saturated rings. The highest BCUT2D eigenvalue weighted by Gasteiger charge is 2.40. The van der Waals surface area contributed by atoms with Gasteiger partial charge in [-0.3, -0.25) is 9.59 Å². The summed E-state index contributed by atoms with van der Waals surface area (Å²) in [7, 11) is 0. The highest BCUT2D eigenvalue weighted by atomic mass is 16.5. The predicted molar refractivity (Wildman–Crippen MR) is 137 cm³/mol. The zero-order chi connectivity index (χ0) is 24.9. The van der Waals surface area contributed by atoms with Crippen LogP contribution in [-0.2, 0) is 14.9 Å². The second kappa shape index (κ2) is 10.8. The molecule has 0 saturated carbocycles. The Bertz CT molecular complexity index is 984. The summed E-state index contributed by atoms with van der Waals surface area (Å²) < 4.78 is 11.6. The summed E-state index contributed by atoms with van der Waals surface area (Å²) in [5, 5.41) is 0. The number of piperidine rings is 1. The lowest BCUT2D eigenvalue weighted by atomic mass is 9.75. The number of rotatable bonds is 6. The molecule has 2 aliphatic heterocycles. The van der Waals surface area contributed by atoms with Crippen LogP contribution in [0.25, 0.3) is 0 Å². The van der Waals surface area contributed by atoms with E-state index in [9.17, 15) is 9.59 Å². The molecule has 0 aromatic heterocycles. The van der Waals surface area contributed by atoms with E-state index in [2.05, 4.69) is 32.9 Å². The molecule has 6 heteroatoms. The zero-order valence-electron chi connectivity index (χ0n) is 21.3. The molecule has 2 heterocycles. The van der Waals surface area contributed by atoms with Crippen LogP contribution in [-0.4, -0.2) is 67.6 Å². The van der Waals surface area contributed by atoms with Crippen LogP contribution in [0, 0.1) is 5.41 Å². The fourth-order valence-electron chi connectivity index (χ4n) is 4.85. The van der Waals surface area contributed by atoms with Crippen LogP contribution in [0.3, 0.4) is 0 Å². The summed E-state index contributed by atoms with van der Waals surface area (Å²) in [5.74, 6) is 1.02. The number of ether oxygens (including phenoxy) is 2. The maximum Gasteiger partial charge on any atom is 0.253 e. The maximum absolute atomic E-state index is 13.2. The molecule has 35 heavy (non-hydrogen) atoms. The van der Waals surface area contributed by atoms with Crippen LogP contribution in [0.5, 0.6) is 5.75 Å². The Kier molecular flexibility index (Phi) is 7.80. The third-order valence-electron chi connectivity index (χ3n) is 7.29. The molecule has 2 aromatic rings. The molecule has 2 saturated heterocycles. The fraction of sp³-hybridized carbons (Fsp3) is 0.517. The van der Waals surface area contributed by atoms with Gasteiger partial charge in [0, 0.05) is 43.6 Å². The molecule has 0 N–H and O–H groups in total. The molecule has 0 spiro atoms. The Balaban J connectivity index is 1.43. The number of morpholine rings is 1. The van der Waals surface area contributed by atoms with Crippen LogP contribution in [0.15, 0.2) is 54.6 Å². The number of amides is 2. The Labute approximate surface area is 209 Å². The molecule has 0 atom stereocenters. The average Bonchev–Trinajstić information content (AvgIpc) is 2.88. The maximum atomic E-state index is 13.2. The quantitative estimate of drug-likeness (QED) is 0.612. The summed E-state index contributed by atoms with van der Waals surface area (Å²) >= 11 is 0. The van der Waals surface area contributed by atoms with Gasteiger partial charge in [-0.1, -0.05) is 51.1 Å². The van der Waals surface area contributed by atoms with E-state index >= 15 is 0 Å². The number of benzene rings is 2. The van der Waals surface area contributed by atoms with Gasteiger partial charge in [-0.25, -0.2) is 0 Å². The van der Waals surface area contributed by atoms with Crippen LogP contribution in [0.1, 0.15) is 56.0 Å². The van der Waals surface area contributed by atoms with Gasteiger partial charge in [0.1, 0.15) is 5.75 Å². The Morgan fingerprint density at radius 1 is 0.886 bits per heavy atom. The fourth-order valence-corrected chi connectivity index (χ4v) is 4.85. The van der Waals surface area contributed by atoms with Crippen molar-refractivity contribution in [3.63, 3.8) is 0 Å². The predicted octanol–water partition coefficient (Wildman–Crippen LogP) is 4.53. The lowest BCUT2D eigenvalue weighted by molar-refractivity contribution is -0.139. The lowest BCUT2D eigenvalue weighted by Gasteiger charge is -2.42. The van der Waals surface area contributed by atoms with Crippen molar-refractivity contribution >= 4 is 11.8 Å². The van der Waals surface area contributed by atoms with Crippen molar-refractivity contribution in [2.45, 2.75) is 45.4 Å². The Morgan fingerprint density at radius 2 is 1.51 bits per heavy atom. The molecular weight excluding hydrogens is 440 g/mol. The van der Waals surface area contributed by atoms with Gasteiger partial charge in [0.2, 0.25) is 5.91 Å². The number of hydrogen-bond acceptors (Lipinski definition) is 4. The number of nitrogens with zero attached hydrogens (tertiary/aromatic N) is 2. The van der Waals surface area contributed by atoms with Crippen LogP contribution < -0.4 is 4.74 Å². The first-order valence-electron chi connectivity index (χ1n) is 12.7. The van der Waals surface area contributed by atoms with Crippen LogP contribution in [0.4, 0.5) is 0 Å². The molecule has 0 radical (unpaired) electrons. The van der Waals surface area contributed by atoms with Gasteiger partial charge in [0.15, 0.2) is 0 Å². The number of carbonyl (C=O) groups excluding carboxylic acids is 2. The second-order valence-corrected chi connectivity index (χ2v) is 10.9. The minimum Gasteiger partial charge on any atom is -0.493 e. The Hall–Kier alpha value is -2.86. The largest absolute Gasteiger partial charge is 0.493 e. The standard InChI is InChI=1S/C29H38N2O4/c1-28(2,3)24-11-9-23(10-12-24)27(33)31-15-13-29(14-16-31,22-35-25-7-5-4-6-8-25)21-26(32)30-17-19-34-20-18-30/h4-12H,13-22H2,1-3H3. The topological polar surface area (TPSA) is 59.1 Å². The van der Waals surface area contributed by atoms with Gasteiger partial charge in [-0.05, 0) is 48.1 Å². The van der Waals surface area contributed by atoms with E-state index in [0.29, 0.717) is 52.4 Å². The molecule has 188 valence electrons. The number of carbonyl (C=O) groups is 2. The number of hydrogen-bond donors (Lipinski definition) is 0. The van der Waals surface area contributed by atoms with Crippen molar-refractivity contribution in [2.24, 2.45) is 5.41 Å². The van der Waals surface area contributed by atoms with Crippen molar-refractivity contribution in [1.82, 2.24) is 9.80 Å². The SMILES string of the molecule is CC(C)(C)c1ccc(C(=O)N2CCC(COc3ccccc3)(CC(=O)N3CCOCC3)CC2)cc1. The summed E-state index contributed by atoms with van der Waals surface area (Å²) in [4.78, 5) is 30.2. The van der Waals surface area contributed by atoms with Crippen molar-refractivity contribution in [1.29, 1.82) is 0 Å². The van der Waals surface area contributed by atoms with E-state index in [1.54, 1.807) is 0 Å².